The zero-order chi connectivity index (χ0) is 19.9. The maximum absolute atomic E-state index is 12.1. The predicted octanol–water partition coefficient (Wildman–Crippen LogP) is 2.15. The highest BCUT2D eigenvalue weighted by Gasteiger charge is 2.22. The van der Waals surface area contributed by atoms with Crippen LogP contribution in [0.5, 0.6) is 0 Å². The fourth-order valence-electron chi connectivity index (χ4n) is 1.90. The Morgan fingerprint density at radius 2 is 2.00 bits per heavy atom. The first kappa shape index (κ1) is 21.4. The van der Waals surface area contributed by atoms with Crippen molar-refractivity contribution < 1.29 is 19.1 Å². The van der Waals surface area contributed by atoms with E-state index in [1.807, 2.05) is 6.07 Å². The number of urea groups is 1. The maximum atomic E-state index is 12.1. The van der Waals surface area contributed by atoms with Gasteiger partial charge in [-0.3, -0.25) is 10.1 Å². The highest BCUT2D eigenvalue weighted by atomic mass is 32.2. The van der Waals surface area contributed by atoms with Crippen molar-refractivity contribution in [1.82, 2.24) is 15.6 Å². The van der Waals surface area contributed by atoms with Crippen molar-refractivity contribution in [1.29, 1.82) is 5.26 Å². The lowest BCUT2D eigenvalue weighted by molar-refractivity contribution is -0.119. The molecule has 8 nitrogen and oxygen atoms in total. The third-order valence-electron chi connectivity index (χ3n) is 3.11. The fraction of sp³-hybridized carbons (Fsp3) is 0.471. The molecule has 0 saturated carbocycles. The van der Waals surface area contributed by atoms with Crippen LogP contribution in [0.15, 0.2) is 11.1 Å². The predicted molar refractivity (Wildman–Crippen MR) is 96.8 cm³/mol. The van der Waals surface area contributed by atoms with E-state index in [-0.39, 0.29) is 23.8 Å². The molecule has 26 heavy (non-hydrogen) atoms. The number of esters is 1. The van der Waals surface area contributed by atoms with Crippen LogP contribution in [-0.4, -0.2) is 40.8 Å². The van der Waals surface area contributed by atoms with Crippen molar-refractivity contribution >= 4 is 29.7 Å². The van der Waals surface area contributed by atoms with Gasteiger partial charge in [-0.15, -0.1) is 0 Å². The van der Waals surface area contributed by atoms with Crippen LogP contribution < -0.4 is 10.6 Å². The summed E-state index contributed by atoms with van der Waals surface area (Å²) in [7, 11) is 0. The highest BCUT2D eigenvalue weighted by molar-refractivity contribution is 8.00. The van der Waals surface area contributed by atoms with Crippen LogP contribution >= 0.6 is 11.8 Å². The van der Waals surface area contributed by atoms with Gasteiger partial charge in [0, 0.05) is 6.04 Å². The first-order chi connectivity index (χ1) is 12.2. The van der Waals surface area contributed by atoms with Crippen LogP contribution in [-0.2, 0) is 9.53 Å². The molecule has 0 aliphatic rings. The molecule has 1 heterocycles. The molecule has 0 radical (unpaired) electrons. The number of carbonyl (C=O) groups is 3. The van der Waals surface area contributed by atoms with Gasteiger partial charge in [0.25, 0.3) is 0 Å². The van der Waals surface area contributed by atoms with Crippen LogP contribution in [0.4, 0.5) is 4.79 Å². The average Bonchev–Trinajstić information content (AvgIpc) is 2.54. The summed E-state index contributed by atoms with van der Waals surface area (Å²) in [5.74, 6) is -1.06. The van der Waals surface area contributed by atoms with Crippen LogP contribution in [0.25, 0.3) is 0 Å². The molecule has 0 aliphatic heterocycles. The summed E-state index contributed by atoms with van der Waals surface area (Å²) in [6.07, 6.45) is 0. The molecule has 140 valence electrons. The van der Waals surface area contributed by atoms with Crippen LogP contribution in [0.1, 0.15) is 49.3 Å². The minimum absolute atomic E-state index is 0.101. The minimum atomic E-state index is -0.666. The van der Waals surface area contributed by atoms with Gasteiger partial charge >= 0.3 is 12.0 Å². The van der Waals surface area contributed by atoms with E-state index >= 15 is 0 Å². The number of carbonyl (C=O) groups excluding carboxylic acids is 3. The molecular formula is C17H22N4O4S. The standard InChI is InChI=1S/C17H22N4O4S/c1-6-25-16(23)13-7-12(8-18)15(20-10(13)4)26-11(5)14(22)21-17(24)19-9(2)3/h7,9,11H,6H2,1-5H3,(H2,19,21,22,24)/t11-/m1/s1. The van der Waals surface area contributed by atoms with Crippen LogP contribution in [0.2, 0.25) is 0 Å². The van der Waals surface area contributed by atoms with Crippen molar-refractivity contribution in [3.63, 3.8) is 0 Å². The van der Waals surface area contributed by atoms with E-state index in [2.05, 4.69) is 15.6 Å². The molecule has 0 bridgehead atoms. The lowest BCUT2D eigenvalue weighted by Gasteiger charge is -2.14. The molecule has 0 fully saturated rings. The maximum Gasteiger partial charge on any atom is 0.340 e. The van der Waals surface area contributed by atoms with Gasteiger partial charge in [0.2, 0.25) is 5.91 Å². The second kappa shape index (κ2) is 9.77. The molecule has 0 unspecified atom stereocenters. The largest absolute Gasteiger partial charge is 0.462 e. The van der Waals surface area contributed by atoms with Gasteiger partial charge in [0.05, 0.1) is 28.7 Å². The molecule has 1 rings (SSSR count). The Hall–Kier alpha value is -2.60. The molecule has 1 atom stereocenters. The normalized spacial score (nSPS) is 11.4. The monoisotopic (exact) mass is 378 g/mol. The third kappa shape index (κ3) is 6.04. The van der Waals surface area contributed by atoms with E-state index in [4.69, 9.17) is 4.74 Å². The minimum Gasteiger partial charge on any atom is -0.462 e. The van der Waals surface area contributed by atoms with Gasteiger partial charge in [0.1, 0.15) is 11.1 Å². The zero-order valence-corrected chi connectivity index (χ0v) is 16.2. The van der Waals surface area contributed by atoms with Crippen molar-refractivity contribution in [2.45, 2.75) is 50.9 Å². The Bertz CT molecular complexity index is 743. The third-order valence-corrected chi connectivity index (χ3v) is 4.21. The topological polar surface area (TPSA) is 121 Å². The number of hydrogen-bond acceptors (Lipinski definition) is 7. The molecule has 1 aromatic rings. The SMILES string of the molecule is CCOC(=O)c1cc(C#N)c(S[C@H](C)C(=O)NC(=O)NC(C)C)nc1C. The van der Waals surface area contributed by atoms with Gasteiger partial charge < -0.3 is 10.1 Å². The number of aromatic nitrogens is 1. The Balaban J connectivity index is 2.94. The summed E-state index contributed by atoms with van der Waals surface area (Å²) in [5.41, 5.74) is 0.770. The quantitative estimate of drug-likeness (QED) is 0.574. The summed E-state index contributed by atoms with van der Waals surface area (Å²) in [6.45, 7) is 8.68. The summed E-state index contributed by atoms with van der Waals surface area (Å²) in [6, 6.07) is 2.69. The fourth-order valence-corrected chi connectivity index (χ4v) is 2.82. The number of amides is 3. The Morgan fingerprint density at radius 1 is 1.35 bits per heavy atom. The van der Waals surface area contributed by atoms with E-state index in [0.29, 0.717) is 10.7 Å². The van der Waals surface area contributed by atoms with Crippen LogP contribution in [0.3, 0.4) is 0 Å². The zero-order valence-electron chi connectivity index (χ0n) is 15.4. The summed E-state index contributed by atoms with van der Waals surface area (Å²) in [5, 5.41) is 13.8. The van der Waals surface area contributed by atoms with Gasteiger partial charge in [-0.05, 0) is 40.7 Å². The number of nitrogens with zero attached hydrogens (tertiary/aromatic N) is 2. The molecule has 1 aromatic heterocycles. The number of hydrogen-bond donors (Lipinski definition) is 2. The highest BCUT2D eigenvalue weighted by Crippen LogP contribution is 2.27. The number of nitriles is 1. The lowest BCUT2D eigenvalue weighted by atomic mass is 10.1. The van der Waals surface area contributed by atoms with E-state index in [1.54, 1.807) is 34.6 Å². The van der Waals surface area contributed by atoms with Crippen molar-refractivity contribution in [2.24, 2.45) is 0 Å². The summed E-state index contributed by atoms with van der Waals surface area (Å²) < 4.78 is 4.94. The lowest BCUT2D eigenvalue weighted by Crippen LogP contribution is -2.45. The Kier molecular flexibility index (Phi) is 8.06. The van der Waals surface area contributed by atoms with E-state index < -0.39 is 23.2 Å². The summed E-state index contributed by atoms with van der Waals surface area (Å²) in [4.78, 5) is 39.9. The van der Waals surface area contributed by atoms with E-state index in [9.17, 15) is 19.6 Å². The first-order valence-electron chi connectivity index (χ1n) is 8.06. The van der Waals surface area contributed by atoms with Crippen molar-refractivity contribution in [3.05, 3.63) is 22.9 Å². The number of pyridine rings is 1. The smallest absolute Gasteiger partial charge is 0.340 e. The van der Waals surface area contributed by atoms with Crippen LogP contribution in [0, 0.1) is 18.3 Å². The van der Waals surface area contributed by atoms with E-state index in [1.165, 1.54) is 6.07 Å². The number of ether oxygens (including phenoxy) is 1. The van der Waals surface area contributed by atoms with E-state index in [0.717, 1.165) is 11.8 Å². The van der Waals surface area contributed by atoms with Gasteiger partial charge in [-0.1, -0.05) is 11.8 Å². The number of thioether (sulfide) groups is 1. The average molecular weight is 378 g/mol. The second-order valence-electron chi connectivity index (χ2n) is 5.68. The summed E-state index contributed by atoms with van der Waals surface area (Å²) >= 11 is 1.03. The molecule has 0 aromatic carbocycles. The van der Waals surface area contributed by atoms with Gasteiger partial charge in [0.15, 0.2) is 0 Å². The number of rotatable bonds is 6. The Morgan fingerprint density at radius 3 is 2.54 bits per heavy atom. The number of aryl methyl sites for hydroxylation is 1. The molecule has 3 amide bonds. The second-order valence-corrected chi connectivity index (χ2v) is 7.01. The van der Waals surface area contributed by atoms with Gasteiger partial charge in [-0.2, -0.15) is 5.26 Å². The molecule has 0 aliphatic carbocycles. The molecule has 2 N–H and O–H groups in total. The molecular weight excluding hydrogens is 356 g/mol. The molecule has 0 saturated heterocycles. The van der Waals surface area contributed by atoms with Gasteiger partial charge in [-0.25, -0.2) is 14.6 Å². The molecule has 9 heteroatoms. The Labute approximate surface area is 156 Å². The first-order valence-corrected chi connectivity index (χ1v) is 8.94. The number of imide groups is 1. The van der Waals surface area contributed by atoms with Crippen molar-refractivity contribution in [3.8, 4) is 6.07 Å². The molecule has 0 spiro atoms. The van der Waals surface area contributed by atoms with Crippen molar-refractivity contribution in [2.75, 3.05) is 6.61 Å². The number of nitrogens with one attached hydrogen (secondary N) is 2.